The van der Waals surface area contributed by atoms with Crippen LogP contribution in [-0.2, 0) is 0 Å². The minimum atomic E-state index is -0.182. The van der Waals surface area contributed by atoms with E-state index in [1.54, 1.807) is 0 Å². The van der Waals surface area contributed by atoms with Gasteiger partial charge in [0.2, 0.25) is 0 Å². The minimum absolute atomic E-state index is 0.0215. The molecule has 0 bridgehead atoms. The Morgan fingerprint density at radius 1 is 1.33 bits per heavy atom. The van der Waals surface area contributed by atoms with Gasteiger partial charge in [-0.05, 0) is 19.2 Å². The van der Waals surface area contributed by atoms with E-state index in [1.807, 2.05) is 12.1 Å². The Kier molecular flexibility index (Phi) is 4.72. The zero-order valence-corrected chi connectivity index (χ0v) is 12.2. The summed E-state index contributed by atoms with van der Waals surface area (Å²) in [7, 11) is 2.11. The van der Waals surface area contributed by atoms with Crippen molar-refractivity contribution in [3.63, 3.8) is 0 Å². The predicted octanol–water partition coefficient (Wildman–Crippen LogP) is 1.84. The van der Waals surface area contributed by atoms with E-state index in [2.05, 4.69) is 32.8 Å². The Hall–Kier alpha value is -0.490. The maximum atomic E-state index is 14.0. The van der Waals surface area contributed by atoms with Gasteiger partial charge in [0, 0.05) is 42.8 Å². The second-order valence-electron chi connectivity index (χ2n) is 4.76. The van der Waals surface area contributed by atoms with E-state index >= 15 is 0 Å². The molecular weight excluding hydrogens is 297 g/mol. The molecule has 0 aromatic heterocycles. The average molecular weight is 316 g/mol. The van der Waals surface area contributed by atoms with Gasteiger partial charge in [-0.15, -0.1) is 0 Å². The van der Waals surface area contributed by atoms with Crippen LogP contribution >= 0.6 is 15.9 Å². The van der Waals surface area contributed by atoms with Crippen molar-refractivity contribution < 1.29 is 4.39 Å². The first-order valence-corrected chi connectivity index (χ1v) is 6.98. The molecule has 0 spiro atoms. The van der Waals surface area contributed by atoms with Crippen molar-refractivity contribution >= 4 is 15.9 Å². The number of nitrogens with two attached hydrogens (primary N) is 1. The van der Waals surface area contributed by atoms with Crippen molar-refractivity contribution in [2.24, 2.45) is 5.73 Å². The highest BCUT2D eigenvalue weighted by atomic mass is 79.9. The number of hydrogen-bond acceptors (Lipinski definition) is 3. The molecular formula is C13H19BrFN3. The lowest BCUT2D eigenvalue weighted by atomic mass is 10.0. The third-order valence-electron chi connectivity index (χ3n) is 3.52. The van der Waals surface area contributed by atoms with E-state index in [1.165, 1.54) is 6.07 Å². The Bertz CT molecular complexity index is 405. The van der Waals surface area contributed by atoms with Crippen LogP contribution in [0.25, 0.3) is 0 Å². The smallest absolute Gasteiger partial charge is 0.129 e. The topological polar surface area (TPSA) is 32.5 Å². The van der Waals surface area contributed by atoms with Gasteiger partial charge in [-0.1, -0.05) is 22.0 Å². The number of nitrogens with zero attached hydrogens (tertiary/aromatic N) is 2. The van der Waals surface area contributed by atoms with Gasteiger partial charge in [-0.25, -0.2) is 4.39 Å². The maximum Gasteiger partial charge on any atom is 0.129 e. The maximum absolute atomic E-state index is 14.0. The highest BCUT2D eigenvalue weighted by Gasteiger charge is 2.24. The molecule has 1 aromatic rings. The number of piperazine rings is 1. The first-order valence-electron chi connectivity index (χ1n) is 6.19. The molecule has 2 rings (SSSR count). The summed E-state index contributed by atoms with van der Waals surface area (Å²) in [5, 5.41) is 0. The first-order chi connectivity index (χ1) is 8.61. The van der Waals surface area contributed by atoms with E-state index in [9.17, 15) is 4.39 Å². The largest absolute Gasteiger partial charge is 0.329 e. The second-order valence-corrected chi connectivity index (χ2v) is 5.67. The van der Waals surface area contributed by atoms with Gasteiger partial charge in [-0.3, -0.25) is 4.90 Å². The molecule has 0 aliphatic carbocycles. The van der Waals surface area contributed by atoms with Crippen LogP contribution in [0, 0.1) is 5.82 Å². The van der Waals surface area contributed by atoms with E-state index in [0.717, 1.165) is 30.7 Å². The SMILES string of the molecule is CN1CCN(C(CN)c2ccc(Br)cc2F)CC1. The van der Waals surface area contributed by atoms with Gasteiger partial charge in [0.25, 0.3) is 0 Å². The molecule has 100 valence electrons. The van der Waals surface area contributed by atoms with E-state index in [-0.39, 0.29) is 11.9 Å². The molecule has 1 atom stereocenters. The molecule has 1 aromatic carbocycles. The Morgan fingerprint density at radius 2 is 2.00 bits per heavy atom. The Morgan fingerprint density at radius 3 is 2.56 bits per heavy atom. The second kappa shape index (κ2) is 6.10. The Balaban J connectivity index is 2.17. The van der Waals surface area contributed by atoms with Crippen molar-refractivity contribution in [3.8, 4) is 0 Å². The molecule has 3 nitrogen and oxygen atoms in total. The highest BCUT2D eigenvalue weighted by molar-refractivity contribution is 9.10. The molecule has 2 N–H and O–H groups in total. The van der Waals surface area contributed by atoms with Gasteiger partial charge >= 0.3 is 0 Å². The molecule has 0 radical (unpaired) electrons. The number of rotatable bonds is 3. The lowest BCUT2D eigenvalue weighted by molar-refractivity contribution is 0.113. The van der Waals surface area contributed by atoms with Crippen molar-refractivity contribution in [1.29, 1.82) is 0 Å². The molecule has 1 aliphatic heterocycles. The summed E-state index contributed by atoms with van der Waals surface area (Å²) in [6.45, 7) is 4.34. The number of hydrogen-bond donors (Lipinski definition) is 1. The fraction of sp³-hybridized carbons (Fsp3) is 0.538. The lowest BCUT2D eigenvalue weighted by Gasteiger charge is -2.37. The quantitative estimate of drug-likeness (QED) is 0.923. The van der Waals surface area contributed by atoms with E-state index in [0.29, 0.717) is 12.1 Å². The fourth-order valence-corrected chi connectivity index (χ4v) is 2.71. The number of benzene rings is 1. The molecule has 5 heteroatoms. The van der Waals surface area contributed by atoms with Crippen LogP contribution in [-0.4, -0.2) is 49.6 Å². The van der Waals surface area contributed by atoms with Crippen molar-refractivity contribution in [2.75, 3.05) is 39.8 Å². The molecule has 1 saturated heterocycles. The van der Waals surface area contributed by atoms with Gasteiger partial charge in [0.1, 0.15) is 5.82 Å². The third-order valence-corrected chi connectivity index (χ3v) is 4.02. The molecule has 0 saturated carbocycles. The molecule has 1 heterocycles. The minimum Gasteiger partial charge on any atom is -0.329 e. The van der Waals surface area contributed by atoms with Crippen molar-refractivity contribution in [1.82, 2.24) is 9.80 Å². The van der Waals surface area contributed by atoms with Gasteiger partial charge in [0.15, 0.2) is 0 Å². The Labute approximate surface area is 116 Å². The monoisotopic (exact) mass is 315 g/mol. The van der Waals surface area contributed by atoms with Crippen LogP contribution in [0.4, 0.5) is 4.39 Å². The van der Waals surface area contributed by atoms with Gasteiger partial charge < -0.3 is 10.6 Å². The zero-order valence-electron chi connectivity index (χ0n) is 10.6. The van der Waals surface area contributed by atoms with E-state index < -0.39 is 0 Å². The number of likely N-dealkylation sites (N-methyl/N-ethyl adjacent to an activating group) is 1. The summed E-state index contributed by atoms with van der Waals surface area (Å²) in [6, 6.07) is 5.19. The average Bonchev–Trinajstić information content (AvgIpc) is 2.35. The van der Waals surface area contributed by atoms with Crippen LogP contribution in [0.15, 0.2) is 22.7 Å². The van der Waals surface area contributed by atoms with Crippen molar-refractivity contribution in [3.05, 3.63) is 34.1 Å². The standard InChI is InChI=1S/C13H19BrFN3/c1-17-4-6-18(7-5-17)13(9-16)11-3-2-10(14)8-12(11)15/h2-3,8,13H,4-7,9,16H2,1H3. The fourth-order valence-electron chi connectivity index (χ4n) is 2.38. The van der Waals surface area contributed by atoms with E-state index in [4.69, 9.17) is 5.73 Å². The zero-order chi connectivity index (χ0) is 13.1. The van der Waals surface area contributed by atoms with Crippen molar-refractivity contribution in [2.45, 2.75) is 6.04 Å². The van der Waals surface area contributed by atoms with Gasteiger partial charge in [0.05, 0.1) is 6.04 Å². The van der Waals surface area contributed by atoms with Crippen LogP contribution < -0.4 is 5.73 Å². The molecule has 18 heavy (non-hydrogen) atoms. The van der Waals surface area contributed by atoms with Crippen LogP contribution in [0.1, 0.15) is 11.6 Å². The summed E-state index contributed by atoms with van der Waals surface area (Å²) >= 11 is 3.28. The first kappa shape index (κ1) is 13.9. The summed E-state index contributed by atoms with van der Waals surface area (Å²) in [5.41, 5.74) is 6.54. The van der Waals surface area contributed by atoms with Crippen LogP contribution in [0.5, 0.6) is 0 Å². The molecule has 1 fully saturated rings. The number of halogens is 2. The molecule has 1 unspecified atom stereocenters. The molecule has 0 amide bonds. The summed E-state index contributed by atoms with van der Waals surface area (Å²) < 4.78 is 14.8. The third kappa shape index (κ3) is 3.09. The molecule has 1 aliphatic rings. The normalized spacial score (nSPS) is 20.0. The van der Waals surface area contributed by atoms with Gasteiger partial charge in [-0.2, -0.15) is 0 Å². The van der Waals surface area contributed by atoms with Crippen LogP contribution in [0.2, 0.25) is 0 Å². The summed E-state index contributed by atoms with van der Waals surface area (Å²) in [6.07, 6.45) is 0. The highest BCUT2D eigenvalue weighted by Crippen LogP contribution is 2.25. The predicted molar refractivity (Wildman–Crippen MR) is 75.0 cm³/mol. The summed E-state index contributed by atoms with van der Waals surface area (Å²) in [5.74, 6) is -0.182. The van der Waals surface area contributed by atoms with Crippen LogP contribution in [0.3, 0.4) is 0 Å². The lowest BCUT2D eigenvalue weighted by Crippen LogP contribution is -2.47. The summed E-state index contributed by atoms with van der Waals surface area (Å²) in [4.78, 5) is 4.55.